The van der Waals surface area contributed by atoms with E-state index in [1.165, 1.54) is 11.1 Å². The normalized spacial score (nSPS) is 16.1. The number of nitrogens with zero attached hydrogens (tertiary/aromatic N) is 3. The van der Waals surface area contributed by atoms with Crippen LogP contribution in [0.3, 0.4) is 0 Å². The van der Waals surface area contributed by atoms with Crippen molar-refractivity contribution < 1.29 is 0 Å². The van der Waals surface area contributed by atoms with Crippen molar-refractivity contribution in [1.82, 2.24) is 9.80 Å². The van der Waals surface area contributed by atoms with E-state index in [1.54, 1.807) is 0 Å². The fourth-order valence-electron chi connectivity index (χ4n) is 2.90. The minimum Gasteiger partial charge on any atom is -0.370 e. The molecule has 6 heteroatoms. The van der Waals surface area contributed by atoms with E-state index in [0.717, 1.165) is 38.4 Å². The number of hydrogen-bond acceptors (Lipinski definition) is 3. The molecule has 1 heterocycles. The number of likely N-dealkylation sites (N-methyl/N-ethyl adjacent to an activating group) is 1. The molecular weight excluding hydrogens is 437 g/mol. The van der Waals surface area contributed by atoms with Crippen LogP contribution in [0, 0.1) is 0 Å². The molecule has 1 aliphatic heterocycles. The van der Waals surface area contributed by atoms with Crippen LogP contribution in [0.25, 0.3) is 0 Å². The first kappa shape index (κ1) is 20.7. The van der Waals surface area contributed by atoms with Gasteiger partial charge in [0.1, 0.15) is 0 Å². The van der Waals surface area contributed by atoms with E-state index in [0.29, 0.717) is 12.5 Å². The average Bonchev–Trinajstić information content (AvgIpc) is 2.64. The monoisotopic (exact) mass is 465 g/mol. The second-order valence-corrected chi connectivity index (χ2v) is 6.59. The summed E-state index contributed by atoms with van der Waals surface area (Å²) in [5, 5.41) is 3.10. The molecule has 140 valence electrons. The molecule has 0 aliphatic carbocycles. The third kappa shape index (κ3) is 6.59. The summed E-state index contributed by atoms with van der Waals surface area (Å²) in [6.45, 7) is 6.20. The summed E-state index contributed by atoms with van der Waals surface area (Å²) < 4.78 is 0. The number of guanidine groups is 1. The highest BCUT2D eigenvalue weighted by atomic mass is 127. The van der Waals surface area contributed by atoms with Crippen molar-refractivity contribution in [1.29, 1.82) is 0 Å². The molecule has 5 nitrogen and oxygen atoms in total. The van der Waals surface area contributed by atoms with E-state index in [9.17, 15) is 0 Å². The van der Waals surface area contributed by atoms with Gasteiger partial charge in [-0.25, -0.2) is 4.99 Å². The molecule has 0 spiro atoms. The molecule has 26 heavy (non-hydrogen) atoms. The lowest BCUT2D eigenvalue weighted by molar-refractivity contribution is 0.148. The Morgan fingerprint density at radius 1 is 0.962 bits per heavy atom. The zero-order valence-corrected chi connectivity index (χ0v) is 17.6. The third-order valence-corrected chi connectivity index (χ3v) is 4.50. The van der Waals surface area contributed by atoms with Crippen LogP contribution in [0.5, 0.6) is 0 Å². The Morgan fingerprint density at radius 2 is 1.58 bits per heavy atom. The van der Waals surface area contributed by atoms with Crippen LogP contribution < -0.4 is 11.1 Å². The van der Waals surface area contributed by atoms with Crippen LogP contribution in [0.2, 0.25) is 0 Å². The van der Waals surface area contributed by atoms with E-state index in [4.69, 9.17) is 5.73 Å². The van der Waals surface area contributed by atoms with Crippen LogP contribution in [-0.4, -0.2) is 49.0 Å². The number of rotatable bonds is 5. The van der Waals surface area contributed by atoms with Crippen LogP contribution in [0.15, 0.2) is 59.6 Å². The molecule has 0 bridgehead atoms. The number of hydrogen-bond donors (Lipinski definition) is 2. The number of piperazine rings is 1. The van der Waals surface area contributed by atoms with Gasteiger partial charge in [-0.2, -0.15) is 0 Å². The summed E-state index contributed by atoms with van der Waals surface area (Å²) in [6.07, 6.45) is 0. The van der Waals surface area contributed by atoms with Crippen LogP contribution in [0.1, 0.15) is 11.1 Å². The third-order valence-electron chi connectivity index (χ3n) is 4.50. The quantitative estimate of drug-likeness (QED) is 0.405. The molecule has 0 unspecified atom stereocenters. The Morgan fingerprint density at radius 3 is 2.23 bits per heavy atom. The lowest BCUT2D eigenvalue weighted by atomic mass is 10.1. The lowest BCUT2D eigenvalue weighted by Crippen LogP contribution is -2.43. The maximum atomic E-state index is 5.95. The van der Waals surface area contributed by atoms with Gasteiger partial charge in [0.15, 0.2) is 5.96 Å². The van der Waals surface area contributed by atoms with Gasteiger partial charge in [0.2, 0.25) is 0 Å². The molecule has 2 aromatic carbocycles. The largest absolute Gasteiger partial charge is 0.370 e. The summed E-state index contributed by atoms with van der Waals surface area (Å²) in [7, 11) is 2.19. The number of para-hydroxylation sites is 1. The van der Waals surface area contributed by atoms with Crippen molar-refractivity contribution in [3.63, 3.8) is 0 Å². The molecule has 3 N–H and O–H groups in total. The highest BCUT2D eigenvalue weighted by molar-refractivity contribution is 14.0. The maximum Gasteiger partial charge on any atom is 0.193 e. The van der Waals surface area contributed by atoms with Crippen molar-refractivity contribution in [2.75, 3.05) is 38.5 Å². The van der Waals surface area contributed by atoms with E-state index in [1.807, 2.05) is 30.3 Å². The molecule has 3 rings (SSSR count). The number of nitrogens with one attached hydrogen (secondary N) is 1. The summed E-state index contributed by atoms with van der Waals surface area (Å²) in [4.78, 5) is 9.30. The molecule has 0 saturated carbocycles. The molecule has 0 aromatic heterocycles. The van der Waals surface area contributed by atoms with Gasteiger partial charge in [-0.05, 0) is 30.3 Å². The van der Waals surface area contributed by atoms with E-state index in [-0.39, 0.29) is 24.0 Å². The zero-order chi connectivity index (χ0) is 17.5. The summed E-state index contributed by atoms with van der Waals surface area (Å²) in [5.74, 6) is 0.438. The number of benzene rings is 2. The first-order chi connectivity index (χ1) is 12.2. The maximum absolute atomic E-state index is 5.95. The fraction of sp³-hybridized carbons (Fsp3) is 0.350. The van der Waals surface area contributed by atoms with Crippen molar-refractivity contribution in [2.45, 2.75) is 13.1 Å². The van der Waals surface area contributed by atoms with Gasteiger partial charge in [-0.3, -0.25) is 4.90 Å². The Hall–Kier alpha value is -1.64. The van der Waals surface area contributed by atoms with Crippen molar-refractivity contribution in [3.8, 4) is 0 Å². The minimum atomic E-state index is 0. The highest BCUT2D eigenvalue weighted by Crippen LogP contribution is 2.11. The van der Waals surface area contributed by atoms with E-state index < -0.39 is 0 Å². The van der Waals surface area contributed by atoms with Gasteiger partial charge in [-0.1, -0.05) is 42.5 Å². The Labute approximate surface area is 173 Å². The van der Waals surface area contributed by atoms with E-state index >= 15 is 0 Å². The molecule has 1 fully saturated rings. The SMILES string of the molecule is CN1CCN(Cc2ccc(CN=C(N)Nc3ccccc3)cc2)CC1.I. The number of aliphatic imine (C=N–C) groups is 1. The van der Waals surface area contributed by atoms with Crippen LogP contribution >= 0.6 is 24.0 Å². The highest BCUT2D eigenvalue weighted by Gasteiger charge is 2.13. The smallest absolute Gasteiger partial charge is 0.193 e. The molecule has 2 aromatic rings. The lowest BCUT2D eigenvalue weighted by Gasteiger charge is -2.32. The first-order valence-corrected chi connectivity index (χ1v) is 8.80. The Bertz CT molecular complexity index is 679. The van der Waals surface area contributed by atoms with Gasteiger partial charge in [0.05, 0.1) is 6.54 Å². The average molecular weight is 465 g/mol. The van der Waals surface area contributed by atoms with Gasteiger partial charge >= 0.3 is 0 Å². The predicted octanol–water partition coefficient (Wildman–Crippen LogP) is 2.98. The topological polar surface area (TPSA) is 56.9 Å². The summed E-state index contributed by atoms with van der Waals surface area (Å²) in [5.41, 5.74) is 9.42. The second-order valence-electron chi connectivity index (χ2n) is 6.59. The number of anilines is 1. The van der Waals surface area contributed by atoms with Crippen molar-refractivity contribution >= 4 is 35.6 Å². The van der Waals surface area contributed by atoms with Gasteiger partial charge in [0, 0.05) is 38.4 Å². The molecular formula is C20H28IN5. The van der Waals surface area contributed by atoms with Crippen LogP contribution in [0.4, 0.5) is 5.69 Å². The zero-order valence-electron chi connectivity index (χ0n) is 15.3. The molecule has 0 radical (unpaired) electrons. The van der Waals surface area contributed by atoms with Gasteiger partial charge in [0.25, 0.3) is 0 Å². The Kier molecular flexibility index (Phi) is 8.34. The standard InChI is InChI=1S/C20H27N5.HI/c1-24-11-13-25(14-12-24)16-18-9-7-17(8-10-18)15-22-20(21)23-19-5-3-2-4-6-19;/h2-10H,11-16H2,1H3,(H3,21,22,23);1H. The molecule has 1 aliphatic rings. The minimum absolute atomic E-state index is 0. The van der Waals surface area contributed by atoms with Crippen molar-refractivity contribution in [3.05, 3.63) is 65.7 Å². The Balaban J connectivity index is 0.00000243. The molecule has 1 saturated heterocycles. The van der Waals surface area contributed by atoms with Crippen molar-refractivity contribution in [2.24, 2.45) is 10.7 Å². The fourth-order valence-corrected chi connectivity index (χ4v) is 2.90. The van der Waals surface area contributed by atoms with Crippen LogP contribution in [-0.2, 0) is 13.1 Å². The molecule has 0 amide bonds. The number of nitrogens with two attached hydrogens (primary N) is 1. The summed E-state index contributed by atoms with van der Waals surface area (Å²) in [6, 6.07) is 18.5. The summed E-state index contributed by atoms with van der Waals surface area (Å²) >= 11 is 0. The predicted molar refractivity (Wildman–Crippen MR) is 120 cm³/mol. The van der Waals surface area contributed by atoms with E-state index in [2.05, 4.69) is 51.4 Å². The second kappa shape index (κ2) is 10.5. The van der Waals surface area contributed by atoms with Gasteiger partial charge < -0.3 is 16.0 Å². The van der Waals surface area contributed by atoms with Gasteiger partial charge in [-0.15, -0.1) is 24.0 Å². The first-order valence-electron chi connectivity index (χ1n) is 8.80. The number of halogens is 1. The molecule has 0 atom stereocenters.